The Morgan fingerprint density at radius 2 is 2.17 bits per heavy atom. The third-order valence-electron chi connectivity index (χ3n) is 2.97. The van der Waals surface area contributed by atoms with E-state index < -0.39 is 0 Å². The van der Waals surface area contributed by atoms with Crippen molar-refractivity contribution in [2.45, 2.75) is 13.5 Å². The van der Waals surface area contributed by atoms with Gasteiger partial charge >= 0.3 is 0 Å². The number of benzene rings is 1. The Bertz CT molecular complexity index is 579. The van der Waals surface area contributed by atoms with Crippen molar-refractivity contribution in [3.8, 4) is 17.1 Å². The van der Waals surface area contributed by atoms with Crippen molar-refractivity contribution in [1.82, 2.24) is 9.55 Å². The van der Waals surface area contributed by atoms with E-state index in [-0.39, 0.29) is 6.61 Å². The molecule has 2 rings (SSSR count). The number of ether oxygens (including phenoxy) is 1. The van der Waals surface area contributed by atoms with E-state index in [1.807, 2.05) is 24.6 Å². The van der Waals surface area contributed by atoms with E-state index in [4.69, 9.17) is 16.3 Å². The summed E-state index contributed by atoms with van der Waals surface area (Å²) in [5.74, 6) is 1.44. The van der Waals surface area contributed by atoms with Gasteiger partial charge in [-0.3, -0.25) is 0 Å². The molecule has 4 nitrogen and oxygen atoms in total. The fourth-order valence-electron chi connectivity index (χ4n) is 1.99. The number of aryl methyl sites for hydroxylation is 1. The minimum absolute atomic E-state index is 0.0434. The highest BCUT2D eigenvalue weighted by Crippen LogP contribution is 2.32. The summed E-state index contributed by atoms with van der Waals surface area (Å²) in [6.07, 6.45) is 0. The predicted molar refractivity (Wildman–Crippen MR) is 70.9 cm³/mol. The van der Waals surface area contributed by atoms with Crippen LogP contribution in [0, 0.1) is 6.92 Å². The van der Waals surface area contributed by atoms with Crippen LogP contribution < -0.4 is 4.74 Å². The van der Waals surface area contributed by atoms with Crippen LogP contribution in [-0.4, -0.2) is 21.8 Å². The number of hydrogen-bond acceptors (Lipinski definition) is 3. The van der Waals surface area contributed by atoms with Gasteiger partial charge in [-0.15, -0.1) is 0 Å². The molecule has 0 aliphatic heterocycles. The number of halogens is 1. The van der Waals surface area contributed by atoms with Crippen LogP contribution in [0.15, 0.2) is 18.2 Å². The number of rotatable bonds is 3. The summed E-state index contributed by atoms with van der Waals surface area (Å²) >= 11 is 6.01. The molecule has 0 radical (unpaired) electrons. The van der Waals surface area contributed by atoms with E-state index in [2.05, 4.69) is 4.98 Å². The second kappa shape index (κ2) is 5.00. The van der Waals surface area contributed by atoms with E-state index in [9.17, 15) is 5.11 Å². The molecular weight excluding hydrogens is 252 g/mol. The fraction of sp³-hybridized carbons (Fsp3) is 0.308. The molecule has 1 aromatic carbocycles. The van der Waals surface area contributed by atoms with Gasteiger partial charge in [-0.25, -0.2) is 4.98 Å². The standard InChI is InChI=1S/C13H15ClN2O2/c1-8-11(7-17)16(2)13(15-8)10-6-9(14)4-5-12(10)18-3/h4-6,17H,7H2,1-3H3. The lowest BCUT2D eigenvalue weighted by Gasteiger charge is -2.09. The Hall–Kier alpha value is -1.52. The van der Waals surface area contributed by atoms with Crippen LogP contribution in [0.2, 0.25) is 5.02 Å². The Balaban J connectivity index is 2.65. The smallest absolute Gasteiger partial charge is 0.144 e. The molecule has 0 unspecified atom stereocenters. The molecule has 96 valence electrons. The number of methoxy groups -OCH3 is 1. The maximum Gasteiger partial charge on any atom is 0.144 e. The van der Waals surface area contributed by atoms with Crippen LogP contribution in [0.5, 0.6) is 5.75 Å². The average molecular weight is 267 g/mol. The van der Waals surface area contributed by atoms with Crippen molar-refractivity contribution in [3.05, 3.63) is 34.6 Å². The van der Waals surface area contributed by atoms with E-state index >= 15 is 0 Å². The van der Waals surface area contributed by atoms with Gasteiger partial charge in [0.15, 0.2) is 0 Å². The molecule has 18 heavy (non-hydrogen) atoms. The summed E-state index contributed by atoms with van der Waals surface area (Å²) < 4.78 is 7.17. The van der Waals surface area contributed by atoms with Crippen molar-refractivity contribution in [1.29, 1.82) is 0 Å². The van der Waals surface area contributed by atoms with E-state index in [1.165, 1.54) is 0 Å². The molecule has 0 atom stereocenters. The Morgan fingerprint density at radius 3 is 2.72 bits per heavy atom. The molecule has 0 fully saturated rings. The molecule has 0 saturated carbocycles. The second-order valence-electron chi connectivity index (χ2n) is 4.03. The minimum Gasteiger partial charge on any atom is -0.496 e. The summed E-state index contributed by atoms with van der Waals surface area (Å²) in [6, 6.07) is 5.39. The quantitative estimate of drug-likeness (QED) is 0.929. The molecule has 1 N–H and O–H groups in total. The Labute approximate surface area is 111 Å². The number of imidazole rings is 1. The van der Waals surface area contributed by atoms with Crippen LogP contribution in [0.1, 0.15) is 11.4 Å². The van der Waals surface area contributed by atoms with Crippen molar-refractivity contribution in [3.63, 3.8) is 0 Å². The van der Waals surface area contributed by atoms with Crippen LogP contribution in [-0.2, 0) is 13.7 Å². The van der Waals surface area contributed by atoms with Crippen molar-refractivity contribution in [2.24, 2.45) is 7.05 Å². The molecule has 0 spiro atoms. The van der Waals surface area contributed by atoms with Gasteiger partial charge in [0.25, 0.3) is 0 Å². The first-order valence-electron chi connectivity index (χ1n) is 5.55. The SMILES string of the molecule is COc1ccc(Cl)cc1-c1nc(C)c(CO)n1C. The summed E-state index contributed by atoms with van der Waals surface area (Å²) in [7, 11) is 3.47. The number of hydrogen-bond donors (Lipinski definition) is 1. The van der Waals surface area contributed by atoms with Crippen molar-refractivity contribution in [2.75, 3.05) is 7.11 Å². The van der Waals surface area contributed by atoms with Gasteiger partial charge in [-0.2, -0.15) is 0 Å². The summed E-state index contributed by atoms with van der Waals surface area (Å²) in [5, 5.41) is 9.94. The monoisotopic (exact) mass is 266 g/mol. The van der Waals surface area contributed by atoms with Gasteiger partial charge in [0.1, 0.15) is 11.6 Å². The number of aromatic nitrogens is 2. The minimum atomic E-state index is -0.0434. The first kappa shape index (κ1) is 12.9. The number of aliphatic hydroxyl groups excluding tert-OH is 1. The van der Waals surface area contributed by atoms with E-state index in [0.29, 0.717) is 10.8 Å². The van der Waals surface area contributed by atoms with E-state index in [1.54, 1.807) is 19.2 Å². The average Bonchev–Trinajstić information content (AvgIpc) is 2.64. The van der Waals surface area contributed by atoms with Crippen LogP contribution in [0.25, 0.3) is 11.4 Å². The molecule has 5 heteroatoms. The zero-order chi connectivity index (χ0) is 13.3. The molecular formula is C13H15ClN2O2. The lowest BCUT2D eigenvalue weighted by molar-refractivity contribution is 0.272. The van der Waals surface area contributed by atoms with Gasteiger partial charge < -0.3 is 14.4 Å². The molecule has 1 heterocycles. The van der Waals surface area contributed by atoms with Gasteiger partial charge in [-0.1, -0.05) is 11.6 Å². The lowest BCUT2D eigenvalue weighted by atomic mass is 10.2. The molecule has 0 aliphatic rings. The van der Waals surface area contributed by atoms with Crippen LogP contribution >= 0.6 is 11.6 Å². The maximum absolute atomic E-state index is 9.32. The molecule has 2 aromatic rings. The molecule has 0 aliphatic carbocycles. The molecule has 0 saturated heterocycles. The van der Waals surface area contributed by atoms with Gasteiger partial charge in [0.2, 0.25) is 0 Å². The highest BCUT2D eigenvalue weighted by molar-refractivity contribution is 6.30. The highest BCUT2D eigenvalue weighted by Gasteiger charge is 2.16. The Kier molecular flexibility index (Phi) is 3.59. The zero-order valence-electron chi connectivity index (χ0n) is 10.6. The summed E-state index contributed by atoms with van der Waals surface area (Å²) in [5.41, 5.74) is 2.40. The Morgan fingerprint density at radius 1 is 1.44 bits per heavy atom. The molecule has 1 aromatic heterocycles. The van der Waals surface area contributed by atoms with Crippen LogP contribution in [0.3, 0.4) is 0 Å². The third kappa shape index (κ3) is 2.09. The maximum atomic E-state index is 9.32. The number of nitrogens with zero attached hydrogens (tertiary/aromatic N) is 2. The summed E-state index contributed by atoms with van der Waals surface area (Å²) in [6.45, 7) is 1.82. The van der Waals surface area contributed by atoms with Crippen molar-refractivity contribution >= 4 is 11.6 Å². The zero-order valence-corrected chi connectivity index (χ0v) is 11.3. The third-order valence-corrected chi connectivity index (χ3v) is 3.20. The fourth-order valence-corrected chi connectivity index (χ4v) is 2.16. The highest BCUT2D eigenvalue weighted by atomic mass is 35.5. The normalized spacial score (nSPS) is 10.7. The first-order chi connectivity index (χ1) is 8.58. The topological polar surface area (TPSA) is 47.3 Å². The van der Waals surface area contributed by atoms with E-state index in [0.717, 1.165) is 22.8 Å². The van der Waals surface area contributed by atoms with Gasteiger partial charge in [0.05, 0.1) is 30.7 Å². The second-order valence-corrected chi connectivity index (χ2v) is 4.47. The first-order valence-corrected chi connectivity index (χ1v) is 5.93. The summed E-state index contributed by atoms with van der Waals surface area (Å²) in [4.78, 5) is 4.47. The van der Waals surface area contributed by atoms with Crippen molar-refractivity contribution < 1.29 is 9.84 Å². The lowest BCUT2D eigenvalue weighted by Crippen LogP contribution is -2.00. The van der Waals surface area contributed by atoms with Crippen LogP contribution in [0.4, 0.5) is 0 Å². The number of aliphatic hydroxyl groups is 1. The van der Waals surface area contributed by atoms with Gasteiger partial charge in [0, 0.05) is 12.1 Å². The van der Waals surface area contributed by atoms with Gasteiger partial charge in [-0.05, 0) is 25.1 Å². The predicted octanol–water partition coefficient (Wildman–Crippen LogP) is 2.55. The molecule has 0 bridgehead atoms. The molecule has 0 amide bonds. The largest absolute Gasteiger partial charge is 0.496 e.